The normalized spacial score (nSPS) is 22.2. The molecule has 0 amide bonds. The van der Waals surface area contributed by atoms with Gasteiger partial charge in [-0.2, -0.15) is 0 Å². The van der Waals surface area contributed by atoms with Crippen LogP contribution >= 0.6 is 0 Å². The highest BCUT2D eigenvalue weighted by Crippen LogP contribution is 2.31. The average Bonchev–Trinajstić information content (AvgIpc) is 2.89. The molecule has 2 unspecified atom stereocenters. The highest BCUT2D eigenvalue weighted by molar-refractivity contribution is 5.40. The van der Waals surface area contributed by atoms with E-state index < -0.39 is 0 Å². The average molecular weight is 278 g/mol. The Balaban J connectivity index is 1.91. The Morgan fingerprint density at radius 2 is 2.05 bits per heavy atom. The van der Waals surface area contributed by atoms with Gasteiger partial charge in [0.15, 0.2) is 0 Å². The van der Waals surface area contributed by atoms with E-state index in [0.717, 1.165) is 35.7 Å². The third-order valence-corrected chi connectivity index (χ3v) is 4.44. The lowest BCUT2D eigenvalue weighted by Gasteiger charge is -2.18. The number of nitrogens with zero attached hydrogens (tertiary/aromatic N) is 1. The van der Waals surface area contributed by atoms with E-state index >= 15 is 0 Å². The van der Waals surface area contributed by atoms with Crippen molar-refractivity contribution < 1.29 is 9.47 Å². The fourth-order valence-corrected chi connectivity index (χ4v) is 3.17. The van der Waals surface area contributed by atoms with Gasteiger partial charge in [0, 0.05) is 17.3 Å². The van der Waals surface area contributed by atoms with Gasteiger partial charge in [-0.05, 0) is 45.1 Å². The second-order valence-corrected chi connectivity index (χ2v) is 5.75. The molecule has 1 aliphatic rings. The van der Waals surface area contributed by atoms with Crippen LogP contribution in [0.5, 0.6) is 5.75 Å². The third-order valence-electron chi connectivity index (χ3n) is 4.44. The number of aromatic nitrogens is 1. The summed E-state index contributed by atoms with van der Waals surface area (Å²) in [4.78, 5) is 4.46. The molecule has 0 aromatic carbocycles. The summed E-state index contributed by atoms with van der Waals surface area (Å²) < 4.78 is 11.3. The first kappa shape index (κ1) is 15.3. The van der Waals surface area contributed by atoms with Crippen LogP contribution in [0.25, 0.3) is 0 Å². The molecule has 1 aromatic rings. The molecule has 4 nitrogen and oxygen atoms in total. The van der Waals surface area contributed by atoms with Gasteiger partial charge in [-0.15, -0.1) is 0 Å². The summed E-state index contributed by atoms with van der Waals surface area (Å²) in [6.07, 6.45) is 5.62. The predicted octanol–water partition coefficient (Wildman–Crippen LogP) is 2.60. The highest BCUT2D eigenvalue weighted by atomic mass is 16.5. The van der Waals surface area contributed by atoms with Crippen molar-refractivity contribution in [3.63, 3.8) is 0 Å². The molecular formula is C16H26N2O2. The van der Waals surface area contributed by atoms with Crippen LogP contribution in [0.1, 0.15) is 36.1 Å². The fraction of sp³-hybridized carbons (Fsp3) is 0.688. The maximum atomic E-state index is 5.88. The maximum absolute atomic E-state index is 5.88. The summed E-state index contributed by atoms with van der Waals surface area (Å²) in [5, 5.41) is 0. The molecule has 0 spiro atoms. The van der Waals surface area contributed by atoms with Crippen LogP contribution in [0.3, 0.4) is 0 Å². The van der Waals surface area contributed by atoms with Crippen LogP contribution in [-0.2, 0) is 11.3 Å². The van der Waals surface area contributed by atoms with Crippen molar-refractivity contribution in [3.05, 3.63) is 23.0 Å². The first-order valence-electron chi connectivity index (χ1n) is 7.44. The van der Waals surface area contributed by atoms with E-state index in [4.69, 9.17) is 15.2 Å². The minimum atomic E-state index is 0.552. The smallest absolute Gasteiger partial charge is 0.128 e. The van der Waals surface area contributed by atoms with E-state index in [2.05, 4.69) is 4.98 Å². The zero-order valence-electron chi connectivity index (χ0n) is 12.8. The summed E-state index contributed by atoms with van der Waals surface area (Å²) >= 11 is 0. The van der Waals surface area contributed by atoms with Crippen molar-refractivity contribution in [1.82, 2.24) is 4.98 Å². The van der Waals surface area contributed by atoms with Gasteiger partial charge in [0.1, 0.15) is 5.75 Å². The quantitative estimate of drug-likeness (QED) is 0.869. The molecule has 1 saturated carbocycles. The van der Waals surface area contributed by atoms with Gasteiger partial charge in [-0.25, -0.2) is 0 Å². The summed E-state index contributed by atoms with van der Waals surface area (Å²) in [6, 6.07) is 0. The van der Waals surface area contributed by atoms with Crippen LogP contribution in [0.4, 0.5) is 0 Å². The molecule has 112 valence electrons. The maximum Gasteiger partial charge on any atom is 0.128 e. The molecule has 0 bridgehead atoms. The van der Waals surface area contributed by atoms with Crippen LogP contribution < -0.4 is 10.5 Å². The van der Waals surface area contributed by atoms with Gasteiger partial charge < -0.3 is 15.2 Å². The molecule has 1 aliphatic carbocycles. The topological polar surface area (TPSA) is 57.4 Å². The largest absolute Gasteiger partial charge is 0.496 e. The minimum absolute atomic E-state index is 0.552. The van der Waals surface area contributed by atoms with Gasteiger partial charge in [0.25, 0.3) is 0 Å². The van der Waals surface area contributed by atoms with Crippen molar-refractivity contribution in [2.75, 3.05) is 20.3 Å². The first-order valence-corrected chi connectivity index (χ1v) is 7.44. The van der Waals surface area contributed by atoms with Crippen molar-refractivity contribution in [1.29, 1.82) is 0 Å². The summed E-state index contributed by atoms with van der Waals surface area (Å²) in [6.45, 7) is 6.17. The predicted molar refractivity (Wildman–Crippen MR) is 79.8 cm³/mol. The van der Waals surface area contributed by atoms with E-state index in [1.165, 1.54) is 19.3 Å². The van der Waals surface area contributed by atoms with Gasteiger partial charge in [-0.3, -0.25) is 4.98 Å². The second kappa shape index (κ2) is 7.04. The lowest BCUT2D eigenvalue weighted by atomic mass is 9.97. The van der Waals surface area contributed by atoms with Crippen molar-refractivity contribution >= 4 is 0 Å². The number of ether oxygens (including phenoxy) is 2. The molecule has 0 aliphatic heterocycles. The van der Waals surface area contributed by atoms with Crippen LogP contribution in [0.2, 0.25) is 0 Å². The molecular weight excluding hydrogens is 252 g/mol. The number of hydrogen-bond donors (Lipinski definition) is 1. The molecule has 0 radical (unpaired) electrons. The zero-order chi connectivity index (χ0) is 14.5. The lowest BCUT2D eigenvalue weighted by Crippen LogP contribution is -2.22. The van der Waals surface area contributed by atoms with Gasteiger partial charge >= 0.3 is 0 Å². The van der Waals surface area contributed by atoms with E-state index in [-0.39, 0.29) is 0 Å². The summed E-state index contributed by atoms with van der Waals surface area (Å²) in [5.74, 6) is 2.17. The number of nitrogens with two attached hydrogens (primary N) is 1. The number of hydrogen-bond acceptors (Lipinski definition) is 4. The minimum Gasteiger partial charge on any atom is -0.496 e. The highest BCUT2D eigenvalue weighted by Gasteiger charge is 2.26. The van der Waals surface area contributed by atoms with Crippen LogP contribution in [-0.4, -0.2) is 25.2 Å². The van der Waals surface area contributed by atoms with Crippen molar-refractivity contribution in [2.45, 2.75) is 39.7 Å². The standard InChI is InChI=1S/C16H26N2O2/c1-11-8-18-15(12(2)16(11)19-3)10-20-9-14-6-4-5-13(14)7-17/h8,13-14H,4-7,9-10,17H2,1-3H3. The van der Waals surface area contributed by atoms with E-state index in [0.29, 0.717) is 18.4 Å². The molecule has 2 rings (SSSR count). The first-order chi connectivity index (χ1) is 9.67. The number of rotatable bonds is 6. The number of aryl methyl sites for hydroxylation is 1. The molecule has 1 aromatic heterocycles. The van der Waals surface area contributed by atoms with Crippen molar-refractivity contribution in [2.24, 2.45) is 17.6 Å². The molecule has 0 saturated heterocycles. The molecule has 20 heavy (non-hydrogen) atoms. The third kappa shape index (κ3) is 3.30. The zero-order valence-corrected chi connectivity index (χ0v) is 12.8. The lowest BCUT2D eigenvalue weighted by molar-refractivity contribution is 0.0729. The molecule has 4 heteroatoms. The Bertz CT molecular complexity index is 448. The van der Waals surface area contributed by atoms with Gasteiger partial charge in [-0.1, -0.05) is 6.42 Å². The Morgan fingerprint density at radius 1 is 1.30 bits per heavy atom. The Labute approximate surface area is 121 Å². The van der Waals surface area contributed by atoms with Gasteiger partial charge in [0.2, 0.25) is 0 Å². The van der Waals surface area contributed by atoms with E-state index in [9.17, 15) is 0 Å². The van der Waals surface area contributed by atoms with E-state index in [1.54, 1.807) is 7.11 Å². The Hall–Kier alpha value is -1.13. The Morgan fingerprint density at radius 3 is 2.75 bits per heavy atom. The Kier molecular flexibility index (Phi) is 5.38. The van der Waals surface area contributed by atoms with Crippen molar-refractivity contribution in [3.8, 4) is 5.75 Å². The molecule has 2 atom stereocenters. The van der Waals surface area contributed by atoms with Crippen LogP contribution in [0.15, 0.2) is 6.20 Å². The SMILES string of the molecule is COc1c(C)cnc(COCC2CCCC2CN)c1C. The summed E-state index contributed by atoms with van der Waals surface area (Å²) in [5.41, 5.74) is 8.91. The molecule has 1 heterocycles. The second-order valence-electron chi connectivity index (χ2n) is 5.75. The van der Waals surface area contributed by atoms with Crippen LogP contribution in [0, 0.1) is 25.7 Å². The van der Waals surface area contributed by atoms with Gasteiger partial charge in [0.05, 0.1) is 26.0 Å². The number of methoxy groups -OCH3 is 1. The molecule has 2 N–H and O–H groups in total. The fourth-order valence-electron chi connectivity index (χ4n) is 3.17. The molecule has 1 fully saturated rings. The summed E-state index contributed by atoms with van der Waals surface area (Å²) in [7, 11) is 1.70. The monoisotopic (exact) mass is 278 g/mol. The van der Waals surface area contributed by atoms with E-state index in [1.807, 2.05) is 20.0 Å². The number of pyridine rings is 1.